The van der Waals surface area contributed by atoms with Crippen molar-refractivity contribution in [2.75, 3.05) is 6.54 Å². The first-order valence-electron chi connectivity index (χ1n) is 7.11. The smallest absolute Gasteiger partial charge is 0.332 e. The molecule has 0 aliphatic carbocycles. The Labute approximate surface area is 120 Å². The van der Waals surface area contributed by atoms with Crippen molar-refractivity contribution in [1.29, 1.82) is 0 Å². The molecule has 2 bridgehead atoms. The lowest BCUT2D eigenvalue weighted by atomic mass is 9.93. The van der Waals surface area contributed by atoms with E-state index < -0.39 is 0 Å². The van der Waals surface area contributed by atoms with Crippen LogP contribution in [0, 0.1) is 0 Å². The Morgan fingerprint density at radius 1 is 1.11 bits per heavy atom. The fourth-order valence-corrected chi connectivity index (χ4v) is 4.49. The van der Waals surface area contributed by atoms with E-state index >= 15 is 0 Å². The van der Waals surface area contributed by atoms with Crippen molar-refractivity contribution in [3.05, 3.63) is 0 Å². The Morgan fingerprint density at radius 2 is 1.78 bits per heavy atom. The van der Waals surface area contributed by atoms with E-state index in [4.69, 9.17) is 11.8 Å². The third-order valence-electron chi connectivity index (χ3n) is 4.93. The standard InChI is InChI=1S/C13H21ClN2O.ClH/c14-16-11-7-3-1-4-8-13(16)9-5-2-6-10-15(13)12(11)17;/h11H,1-10H2;1H. The van der Waals surface area contributed by atoms with Crippen molar-refractivity contribution < 1.29 is 22.1 Å². The third-order valence-corrected chi connectivity index (χ3v) is 5.49. The maximum Gasteiger partial charge on any atom is 0.332 e. The van der Waals surface area contributed by atoms with E-state index in [9.17, 15) is 4.79 Å². The Hall–Kier alpha value is 0.170. The number of halogens is 2. The topological polar surface area (TPSA) is 24.8 Å². The van der Waals surface area contributed by atoms with Crippen molar-refractivity contribution in [2.24, 2.45) is 0 Å². The van der Waals surface area contributed by atoms with Crippen LogP contribution in [-0.2, 0) is 4.79 Å². The molecule has 3 unspecified atom stereocenters. The van der Waals surface area contributed by atoms with Gasteiger partial charge in [0.1, 0.15) is 6.04 Å². The summed E-state index contributed by atoms with van der Waals surface area (Å²) in [5.41, 5.74) is -0.0553. The molecule has 3 saturated heterocycles. The summed E-state index contributed by atoms with van der Waals surface area (Å²) in [7, 11) is 0. The van der Waals surface area contributed by atoms with Crippen LogP contribution in [-0.4, -0.2) is 28.6 Å². The minimum absolute atomic E-state index is 0. The summed E-state index contributed by atoms with van der Waals surface area (Å²) in [6.45, 7) is 0.999. The molecule has 3 nitrogen and oxygen atoms in total. The monoisotopic (exact) mass is 292 g/mol. The number of amides is 1. The van der Waals surface area contributed by atoms with Gasteiger partial charge in [0.2, 0.25) is 0 Å². The summed E-state index contributed by atoms with van der Waals surface area (Å²) in [5.74, 6) is 0.379. The number of carbonyl (C=O) groups is 1. The second-order valence-electron chi connectivity index (χ2n) is 5.86. The largest absolute Gasteiger partial charge is 1.00 e. The summed E-state index contributed by atoms with van der Waals surface area (Å²) in [6, 6.07) is -0.00920. The molecule has 104 valence electrons. The highest BCUT2D eigenvalue weighted by atomic mass is 35.5. The summed E-state index contributed by atoms with van der Waals surface area (Å²) in [6.07, 6.45) is 10.5. The Morgan fingerprint density at radius 3 is 2.50 bits per heavy atom. The SMILES string of the molecule is O=C1C2CCCCCC3(CCCCC[NH+]13)N2Cl.[Cl-]. The van der Waals surface area contributed by atoms with E-state index in [1.165, 1.54) is 37.0 Å². The van der Waals surface area contributed by atoms with Gasteiger partial charge in [-0.05, 0) is 43.9 Å². The molecule has 1 amide bonds. The number of fused-ring (bicyclic) bond motifs is 1. The van der Waals surface area contributed by atoms with Gasteiger partial charge in [-0.25, -0.2) is 4.79 Å². The number of carbonyl (C=O) groups excluding carboxylic acids is 1. The predicted octanol–water partition coefficient (Wildman–Crippen LogP) is -1.53. The van der Waals surface area contributed by atoms with Gasteiger partial charge in [0.25, 0.3) is 0 Å². The zero-order valence-corrected chi connectivity index (χ0v) is 12.3. The number of hydrogen-bond acceptors (Lipinski definition) is 2. The van der Waals surface area contributed by atoms with Crippen LogP contribution in [0.5, 0.6) is 0 Å². The molecule has 3 rings (SSSR count). The minimum atomic E-state index is -0.0553. The van der Waals surface area contributed by atoms with Gasteiger partial charge in [-0.3, -0.25) is 4.90 Å². The van der Waals surface area contributed by atoms with E-state index in [2.05, 4.69) is 0 Å². The molecule has 3 atom stereocenters. The summed E-state index contributed by atoms with van der Waals surface area (Å²) in [4.78, 5) is 13.7. The lowest BCUT2D eigenvalue weighted by molar-refractivity contribution is -0.878. The lowest BCUT2D eigenvalue weighted by Crippen LogP contribution is -3.21. The highest BCUT2D eigenvalue weighted by molar-refractivity contribution is 6.15. The average Bonchev–Trinajstić information content (AvgIpc) is 2.47. The molecule has 0 aromatic rings. The Kier molecular flexibility index (Phi) is 4.58. The van der Waals surface area contributed by atoms with Crippen LogP contribution >= 0.6 is 11.8 Å². The van der Waals surface area contributed by atoms with E-state index in [0.717, 1.165) is 32.2 Å². The van der Waals surface area contributed by atoms with Crippen LogP contribution in [0.25, 0.3) is 0 Å². The van der Waals surface area contributed by atoms with E-state index in [-0.39, 0.29) is 24.1 Å². The molecule has 0 radical (unpaired) electrons. The highest BCUT2D eigenvalue weighted by Gasteiger charge is 2.61. The minimum Gasteiger partial charge on any atom is -1.00 e. The van der Waals surface area contributed by atoms with Crippen molar-refractivity contribution in [3.63, 3.8) is 0 Å². The molecule has 0 saturated carbocycles. The maximum atomic E-state index is 12.5. The van der Waals surface area contributed by atoms with Gasteiger partial charge in [0.15, 0.2) is 5.66 Å². The number of hydrogen-bond donors (Lipinski definition) is 1. The van der Waals surface area contributed by atoms with Crippen molar-refractivity contribution >= 4 is 17.7 Å². The van der Waals surface area contributed by atoms with Crippen LogP contribution < -0.4 is 17.3 Å². The van der Waals surface area contributed by atoms with Crippen molar-refractivity contribution in [2.45, 2.75) is 69.5 Å². The third kappa shape index (κ3) is 2.09. The Bertz CT molecular complexity index is 326. The molecular weight excluding hydrogens is 271 g/mol. The molecule has 3 heterocycles. The van der Waals surface area contributed by atoms with Gasteiger partial charge < -0.3 is 12.4 Å². The van der Waals surface area contributed by atoms with Gasteiger partial charge in [0.05, 0.1) is 6.54 Å². The molecule has 3 aliphatic heterocycles. The normalized spacial score (nSPS) is 41.3. The van der Waals surface area contributed by atoms with Gasteiger partial charge in [0, 0.05) is 12.8 Å². The zero-order valence-electron chi connectivity index (χ0n) is 10.8. The first kappa shape index (κ1) is 14.6. The number of rotatable bonds is 0. The van der Waals surface area contributed by atoms with Gasteiger partial charge in [-0.1, -0.05) is 12.8 Å². The summed E-state index contributed by atoms with van der Waals surface area (Å²) < 4.78 is 1.94. The fourth-order valence-electron chi connectivity index (χ4n) is 4.03. The van der Waals surface area contributed by atoms with Crippen LogP contribution in [0.15, 0.2) is 0 Å². The molecule has 5 heteroatoms. The summed E-state index contributed by atoms with van der Waals surface area (Å²) >= 11 is 6.58. The Balaban J connectivity index is 0.00000120. The van der Waals surface area contributed by atoms with Crippen LogP contribution in [0.3, 0.4) is 0 Å². The molecule has 1 spiro atoms. The van der Waals surface area contributed by atoms with Gasteiger partial charge in [-0.15, -0.1) is 4.42 Å². The van der Waals surface area contributed by atoms with Gasteiger partial charge in [-0.2, -0.15) is 0 Å². The van der Waals surface area contributed by atoms with Crippen molar-refractivity contribution in [1.82, 2.24) is 4.42 Å². The predicted molar refractivity (Wildman–Crippen MR) is 66.6 cm³/mol. The van der Waals surface area contributed by atoms with E-state index in [1.807, 2.05) is 4.42 Å². The maximum absolute atomic E-state index is 12.5. The molecule has 0 aromatic carbocycles. The average molecular weight is 293 g/mol. The van der Waals surface area contributed by atoms with Crippen LogP contribution in [0.2, 0.25) is 0 Å². The highest BCUT2D eigenvalue weighted by Crippen LogP contribution is 2.36. The number of quaternary nitrogens is 1. The molecular formula is C13H22Cl2N2O. The van der Waals surface area contributed by atoms with Crippen molar-refractivity contribution in [3.8, 4) is 0 Å². The molecule has 18 heavy (non-hydrogen) atoms. The quantitative estimate of drug-likeness (QED) is 0.549. The first-order valence-corrected chi connectivity index (χ1v) is 7.45. The van der Waals surface area contributed by atoms with Gasteiger partial charge >= 0.3 is 5.91 Å². The lowest BCUT2D eigenvalue weighted by Gasteiger charge is -2.36. The summed E-state index contributed by atoms with van der Waals surface area (Å²) in [5, 5.41) is 0. The second-order valence-corrected chi connectivity index (χ2v) is 6.23. The zero-order chi connectivity index (χ0) is 11.9. The second kappa shape index (κ2) is 5.66. The number of nitrogens with one attached hydrogen (secondary N) is 1. The molecule has 0 aromatic heterocycles. The van der Waals surface area contributed by atoms with E-state index in [0.29, 0.717) is 5.91 Å². The molecule has 1 N–H and O–H groups in total. The molecule has 3 aliphatic rings. The molecule has 3 fully saturated rings. The van der Waals surface area contributed by atoms with E-state index in [1.54, 1.807) is 0 Å². The fraction of sp³-hybridized carbons (Fsp3) is 0.923. The van der Waals surface area contributed by atoms with Crippen LogP contribution in [0.1, 0.15) is 57.8 Å². The van der Waals surface area contributed by atoms with Crippen LogP contribution in [0.4, 0.5) is 0 Å². The number of nitrogens with zero attached hydrogens (tertiary/aromatic N) is 1. The first-order chi connectivity index (χ1) is 8.26.